The molecule has 0 fully saturated rings. The molecule has 0 saturated carbocycles. The van der Waals surface area contributed by atoms with E-state index in [-0.39, 0.29) is 12.0 Å². The Morgan fingerprint density at radius 2 is 2.14 bits per heavy atom. The number of rotatable bonds is 4. The minimum absolute atomic E-state index is 0.0125. The Balaban J connectivity index is 1.60. The largest absolute Gasteiger partial charge is 0.480 e. The van der Waals surface area contributed by atoms with Crippen molar-refractivity contribution < 1.29 is 14.3 Å². The molecule has 0 spiro atoms. The molecule has 1 aromatic carbocycles. The van der Waals surface area contributed by atoms with E-state index in [0.29, 0.717) is 24.6 Å². The maximum absolute atomic E-state index is 12.2. The van der Waals surface area contributed by atoms with Crippen molar-refractivity contribution in [2.75, 3.05) is 13.7 Å². The van der Waals surface area contributed by atoms with E-state index >= 15 is 0 Å². The number of methoxy groups -OCH3 is 1. The highest BCUT2D eigenvalue weighted by molar-refractivity contribution is 5.96. The molecule has 22 heavy (non-hydrogen) atoms. The molecule has 5 heteroatoms. The van der Waals surface area contributed by atoms with Crippen molar-refractivity contribution in [2.45, 2.75) is 19.1 Å². The normalized spacial score (nSPS) is 16.7. The monoisotopic (exact) mass is 298 g/mol. The Bertz CT molecular complexity index is 672. The predicted molar refractivity (Wildman–Crippen MR) is 81.8 cm³/mol. The molecule has 2 heterocycles. The summed E-state index contributed by atoms with van der Waals surface area (Å²) in [6, 6.07) is 11.6. The lowest BCUT2D eigenvalue weighted by atomic mass is 9.99. The SMILES string of the molecule is COc1ncccc1C(=O)NCC1Cc2ccccc2CO1. The number of hydrogen-bond donors (Lipinski definition) is 1. The number of aromatic nitrogens is 1. The van der Waals surface area contributed by atoms with Crippen molar-refractivity contribution >= 4 is 5.91 Å². The van der Waals surface area contributed by atoms with Crippen LogP contribution in [0.4, 0.5) is 0 Å². The molecule has 1 aliphatic rings. The van der Waals surface area contributed by atoms with Crippen molar-refractivity contribution in [3.8, 4) is 5.88 Å². The molecule has 0 radical (unpaired) electrons. The number of carbonyl (C=O) groups excluding carboxylic acids is 1. The van der Waals surface area contributed by atoms with Gasteiger partial charge in [-0.2, -0.15) is 0 Å². The number of pyridine rings is 1. The summed E-state index contributed by atoms with van der Waals surface area (Å²) < 4.78 is 10.9. The first-order valence-electron chi connectivity index (χ1n) is 7.23. The molecule has 1 N–H and O–H groups in total. The van der Waals surface area contributed by atoms with Gasteiger partial charge in [-0.3, -0.25) is 4.79 Å². The first-order valence-corrected chi connectivity index (χ1v) is 7.23. The van der Waals surface area contributed by atoms with Crippen LogP contribution in [0.5, 0.6) is 5.88 Å². The highest BCUT2D eigenvalue weighted by atomic mass is 16.5. The summed E-state index contributed by atoms with van der Waals surface area (Å²) in [5.41, 5.74) is 2.94. The van der Waals surface area contributed by atoms with E-state index < -0.39 is 0 Å². The Morgan fingerprint density at radius 3 is 2.95 bits per heavy atom. The fourth-order valence-corrected chi connectivity index (χ4v) is 2.57. The van der Waals surface area contributed by atoms with Crippen LogP contribution in [0.25, 0.3) is 0 Å². The zero-order valence-corrected chi connectivity index (χ0v) is 12.4. The maximum atomic E-state index is 12.2. The minimum atomic E-state index is -0.201. The van der Waals surface area contributed by atoms with E-state index in [1.165, 1.54) is 18.2 Å². The molecule has 0 bridgehead atoms. The van der Waals surface area contributed by atoms with E-state index in [1.54, 1.807) is 18.3 Å². The van der Waals surface area contributed by atoms with E-state index in [9.17, 15) is 4.79 Å². The first-order chi connectivity index (χ1) is 10.8. The summed E-state index contributed by atoms with van der Waals surface area (Å²) in [6.07, 6.45) is 2.39. The van der Waals surface area contributed by atoms with Crippen LogP contribution in [0.1, 0.15) is 21.5 Å². The second-order valence-electron chi connectivity index (χ2n) is 5.18. The molecule has 114 valence electrons. The Morgan fingerprint density at radius 1 is 1.32 bits per heavy atom. The highest BCUT2D eigenvalue weighted by Crippen LogP contribution is 2.20. The van der Waals surface area contributed by atoms with Gasteiger partial charge in [0.05, 0.1) is 19.8 Å². The van der Waals surface area contributed by atoms with E-state index in [4.69, 9.17) is 9.47 Å². The van der Waals surface area contributed by atoms with Gasteiger partial charge >= 0.3 is 0 Å². The highest BCUT2D eigenvalue weighted by Gasteiger charge is 2.20. The first kappa shape index (κ1) is 14.5. The van der Waals surface area contributed by atoms with Crippen molar-refractivity contribution in [3.05, 3.63) is 59.3 Å². The second-order valence-corrected chi connectivity index (χ2v) is 5.18. The van der Waals surface area contributed by atoms with Gasteiger partial charge in [-0.25, -0.2) is 4.98 Å². The summed E-state index contributed by atoms with van der Waals surface area (Å²) >= 11 is 0. The quantitative estimate of drug-likeness (QED) is 0.937. The lowest BCUT2D eigenvalue weighted by Gasteiger charge is -2.25. The van der Waals surface area contributed by atoms with Gasteiger partial charge in [0, 0.05) is 19.2 Å². The third kappa shape index (κ3) is 3.09. The predicted octanol–water partition coefficient (Wildman–Crippen LogP) is 1.96. The van der Waals surface area contributed by atoms with Gasteiger partial charge in [0.1, 0.15) is 5.56 Å². The van der Waals surface area contributed by atoms with Crippen molar-refractivity contribution in [1.82, 2.24) is 10.3 Å². The van der Waals surface area contributed by atoms with Gasteiger partial charge in [0.15, 0.2) is 0 Å². The van der Waals surface area contributed by atoms with Gasteiger partial charge in [-0.05, 0) is 23.3 Å². The van der Waals surface area contributed by atoms with Gasteiger partial charge in [0.25, 0.3) is 5.91 Å². The molecule has 1 aliphatic heterocycles. The summed E-state index contributed by atoms with van der Waals surface area (Å²) in [4.78, 5) is 16.3. The lowest BCUT2D eigenvalue weighted by Crippen LogP contribution is -2.36. The van der Waals surface area contributed by atoms with Gasteiger partial charge in [-0.1, -0.05) is 24.3 Å². The summed E-state index contributed by atoms with van der Waals surface area (Å²) in [6.45, 7) is 1.05. The Hall–Kier alpha value is -2.40. The summed E-state index contributed by atoms with van der Waals surface area (Å²) in [5, 5.41) is 2.89. The van der Waals surface area contributed by atoms with Crippen LogP contribution < -0.4 is 10.1 Å². The van der Waals surface area contributed by atoms with Crippen LogP contribution in [0.2, 0.25) is 0 Å². The molecule has 5 nitrogen and oxygen atoms in total. The summed E-state index contributed by atoms with van der Waals surface area (Å²) in [5.74, 6) is 0.127. The molecule has 2 aromatic rings. The number of carbonyl (C=O) groups is 1. The van der Waals surface area contributed by atoms with Crippen LogP contribution >= 0.6 is 0 Å². The molecule has 1 amide bonds. The molecule has 1 atom stereocenters. The third-order valence-electron chi connectivity index (χ3n) is 3.74. The van der Waals surface area contributed by atoms with E-state index in [1.807, 2.05) is 12.1 Å². The number of benzene rings is 1. The van der Waals surface area contributed by atoms with Crippen LogP contribution in [-0.4, -0.2) is 30.6 Å². The van der Waals surface area contributed by atoms with E-state index in [0.717, 1.165) is 6.42 Å². The smallest absolute Gasteiger partial charge is 0.256 e. The molecular formula is C17H18N2O3. The number of nitrogens with one attached hydrogen (secondary N) is 1. The van der Waals surface area contributed by atoms with Crippen molar-refractivity contribution in [2.24, 2.45) is 0 Å². The number of nitrogens with zero attached hydrogens (tertiary/aromatic N) is 1. The fraction of sp³-hybridized carbons (Fsp3) is 0.294. The van der Waals surface area contributed by atoms with Crippen LogP contribution in [0.15, 0.2) is 42.6 Å². The molecule has 0 aliphatic carbocycles. The van der Waals surface area contributed by atoms with Crippen molar-refractivity contribution in [1.29, 1.82) is 0 Å². The maximum Gasteiger partial charge on any atom is 0.256 e. The fourth-order valence-electron chi connectivity index (χ4n) is 2.57. The zero-order valence-electron chi connectivity index (χ0n) is 12.4. The van der Waals surface area contributed by atoms with Crippen LogP contribution in [0.3, 0.4) is 0 Å². The van der Waals surface area contributed by atoms with Crippen molar-refractivity contribution in [3.63, 3.8) is 0 Å². The third-order valence-corrected chi connectivity index (χ3v) is 3.74. The second kappa shape index (κ2) is 6.58. The number of amides is 1. The standard InChI is InChI=1S/C17H18N2O3/c1-21-17-15(7-4-8-18-17)16(20)19-10-14-9-12-5-2-3-6-13(12)11-22-14/h2-8,14H,9-11H2,1H3,(H,19,20). The zero-order chi connectivity index (χ0) is 15.4. The van der Waals surface area contributed by atoms with Gasteiger partial charge in [-0.15, -0.1) is 0 Å². The van der Waals surface area contributed by atoms with E-state index in [2.05, 4.69) is 22.4 Å². The van der Waals surface area contributed by atoms with Crippen LogP contribution in [0, 0.1) is 0 Å². The van der Waals surface area contributed by atoms with Crippen LogP contribution in [-0.2, 0) is 17.8 Å². The molecule has 1 aromatic heterocycles. The Kier molecular flexibility index (Phi) is 4.34. The minimum Gasteiger partial charge on any atom is -0.480 e. The van der Waals surface area contributed by atoms with Gasteiger partial charge in [0.2, 0.25) is 5.88 Å². The number of hydrogen-bond acceptors (Lipinski definition) is 4. The average Bonchev–Trinajstić information content (AvgIpc) is 2.59. The lowest BCUT2D eigenvalue weighted by molar-refractivity contribution is 0.0284. The number of ether oxygens (including phenoxy) is 2. The number of fused-ring (bicyclic) bond motifs is 1. The molecule has 3 rings (SSSR count). The molecule has 0 saturated heterocycles. The topological polar surface area (TPSA) is 60.5 Å². The molecular weight excluding hydrogens is 280 g/mol. The average molecular weight is 298 g/mol. The Labute approximate surface area is 129 Å². The summed E-state index contributed by atoms with van der Waals surface area (Å²) in [7, 11) is 1.50. The molecule has 1 unspecified atom stereocenters. The van der Waals surface area contributed by atoms with Gasteiger partial charge < -0.3 is 14.8 Å².